The average molecular weight is 559 g/mol. The minimum atomic E-state index is -4.70. The third kappa shape index (κ3) is 6.31. The summed E-state index contributed by atoms with van der Waals surface area (Å²) >= 11 is 0. The zero-order valence-corrected chi connectivity index (χ0v) is 21.4. The lowest BCUT2D eigenvalue weighted by Gasteiger charge is -2.18. The van der Waals surface area contributed by atoms with E-state index in [0.29, 0.717) is 35.1 Å². The van der Waals surface area contributed by atoms with Gasteiger partial charge < -0.3 is 31.9 Å². The van der Waals surface area contributed by atoms with E-state index in [4.69, 9.17) is 5.73 Å². The number of anilines is 4. The number of likely N-dealkylation sites (N-methyl/N-ethyl adjacent to an activating group) is 1. The van der Waals surface area contributed by atoms with Gasteiger partial charge in [-0.15, -0.1) is 0 Å². The van der Waals surface area contributed by atoms with Gasteiger partial charge in [0.05, 0.1) is 29.2 Å². The largest absolute Gasteiger partial charge is 0.416 e. The average Bonchev–Trinajstić information content (AvgIpc) is 3.26. The molecule has 2 atom stereocenters. The summed E-state index contributed by atoms with van der Waals surface area (Å²) in [6, 6.07) is 11.5. The van der Waals surface area contributed by atoms with Gasteiger partial charge in [-0.05, 0) is 61.6 Å². The van der Waals surface area contributed by atoms with Crippen molar-refractivity contribution in [2.75, 3.05) is 41.9 Å². The number of halogens is 4. The highest BCUT2D eigenvalue weighted by Crippen LogP contribution is 2.44. The lowest BCUT2D eigenvalue weighted by atomic mass is 9.87. The van der Waals surface area contributed by atoms with Crippen LogP contribution < -0.4 is 27.0 Å². The number of alkyl halides is 3. The fourth-order valence-corrected chi connectivity index (χ4v) is 4.45. The first kappa shape index (κ1) is 28.4. The molecule has 0 saturated heterocycles. The van der Waals surface area contributed by atoms with Crippen molar-refractivity contribution in [1.82, 2.24) is 4.90 Å². The molecule has 0 aliphatic carbocycles. The van der Waals surface area contributed by atoms with Crippen LogP contribution in [0.15, 0.2) is 60.7 Å². The number of nitrogens with two attached hydrogens (primary N) is 1. The van der Waals surface area contributed by atoms with E-state index in [1.165, 1.54) is 12.1 Å². The standard InChI is InChI=1S/C27H26F4N6O3/c1-37(2)13-21(38)34-19-5-3-4-17-22(24(25(32)39)36-23(17)19)14-6-9-16(10-7-14)33-26(40)35-20-12-15(27(29,30)31)8-11-18(20)28/h3-12,22,24,36H,13H2,1-2H3,(H2,32,39)(H,34,38)(H2,33,35,40). The summed E-state index contributed by atoms with van der Waals surface area (Å²) in [4.78, 5) is 38.7. The van der Waals surface area contributed by atoms with Crippen molar-refractivity contribution < 1.29 is 31.9 Å². The van der Waals surface area contributed by atoms with E-state index in [1.54, 1.807) is 49.3 Å². The quantitative estimate of drug-likeness (QED) is 0.275. The zero-order chi connectivity index (χ0) is 29.2. The highest BCUT2D eigenvalue weighted by atomic mass is 19.4. The number of hydrogen-bond donors (Lipinski definition) is 5. The van der Waals surface area contributed by atoms with E-state index in [-0.39, 0.29) is 18.1 Å². The number of hydrogen-bond acceptors (Lipinski definition) is 5. The van der Waals surface area contributed by atoms with Crippen LogP contribution in [0.4, 0.5) is 45.1 Å². The van der Waals surface area contributed by atoms with E-state index in [1.807, 2.05) is 0 Å². The molecule has 13 heteroatoms. The summed E-state index contributed by atoms with van der Waals surface area (Å²) in [7, 11) is 3.52. The third-order valence-electron chi connectivity index (χ3n) is 6.17. The van der Waals surface area contributed by atoms with Crippen LogP contribution >= 0.6 is 0 Å². The molecule has 9 nitrogen and oxygen atoms in total. The molecule has 3 aromatic carbocycles. The number of nitrogens with one attached hydrogen (secondary N) is 4. The molecular weight excluding hydrogens is 532 g/mol. The minimum absolute atomic E-state index is 0.161. The number of urea groups is 1. The van der Waals surface area contributed by atoms with Crippen molar-refractivity contribution in [2.45, 2.75) is 18.1 Å². The van der Waals surface area contributed by atoms with Crippen LogP contribution in [0.2, 0.25) is 0 Å². The molecule has 3 aromatic rings. The van der Waals surface area contributed by atoms with Gasteiger partial charge in [0, 0.05) is 11.6 Å². The summed E-state index contributed by atoms with van der Waals surface area (Å²) in [5.41, 5.74) is 6.66. The fraction of sp³-hybridized carbons (Fsp3) is 0.222. The highest BCUT2D eigenvalue weighted by molar-refractivity contribution is 6.00. The molecule has 0 fully saturated rings. The monoisotopic (exact) mass is 558 g/mol. The van der Waals surface area contributed by atoms with Gasteiger partial charge in [0.15, 0.2) is 0 Å². The summed E-state index contributed by atoms with van der Waals surface area (Å²) < 4.78 is 52.8. The molecule has 6 N–H and O–H groups in total. The molecule has 1 aliphatic rings. The van der Waals surface area contributed by atoms with Crippen LogP contribution in [-0.4, -0.2) is 49.4 Å². The normalized spacial score (nSPS) is 16.2. The van der Waals surface area contributed by atoms with Crippen molar-refractivity contribution in [1.29, 1.82) is 0 Å². The Balaban J connectivity index is 1.52. The maximum atomic E-state index is 14.0. The molecule has 1 heterocycles. The molecule has 4 amide bonds. The number of carbonyl (C=O) groups is 3. The SMILES string of the molecule is CN(C)CC(=O)Nc1cccc2c1NC(C(N)=O)C2c1ccc(NC(=O)Nc2cc(C(F)(F)F)ccc2F)cc1. The maximum absolute atomic E-state index is 14.0. The number of primary amides is 1. The second kappa shape index (κ2) is 11.2. The smallest absolute Gasteiger partial charge is 0.371 e. The number of para-hydroxylation sites is 1. The Morgan fingerprint density at radius 1 is 0.950 bits per heavy atom. The second-order valence-corrected chi connectivity index (χ2v) is 9.45. The Morgan fingerprint density at radius 2 is 1.65 bits per heavy atom. The molecule has 0 radical (unpaired) electrons. The Kier molecular flexibility index (Phi) is 7.96. The molecule has 1 aliphatic heterocycles. The highest BCUT2D eigenvalue weighted by Gasteiger charge is 2.38. The van der Waals surface area contributed by atoms with Crippen LogP contribution in [0.1, 0.15) is 22.6 Å². The van der Waals surface area contributed by atoms with Gasteiger partial charge in [0.2, 0.25) is 11.8 Å². The predicted molar refractivity (Wildman–Crippen MR) is 143 cm³/mol. The van der Waals surface area contributed by atoms with E-state index in [9.17, 15) is 31.9 Å². The molecule has 0 aromatic heterocycles. The van der Waals surface area contributed by atoms with Crippen LogP contribution in [0.3, 0.4) is 0 Å². The van der Waals surface area contributed by atoms with Gasteiger partial charge in [0.1, 0.15) is 11.9 Å². The summed E-state index contributed by atoms with van der Waals surface area (Å²) in [6.07, 6.45) is -4.70. The summed E-state index contributed by atoms with van der Waals surface area (Å²) in [5.74, 6) is -2.39. The van der Waals surface area contributed by atoms with Crippen LogP contribution in [-0.2, 0) is 15.8 Å². The number of carbonyl (C=O) groups excluding carboxylic acids is 3. The molecule has 0 spiro atoms. The molecule has 40 heavy (non-hydrogen) atoms. The van der Waals surface area contributed by atoms with Gasteiger partial charge in [-0.2, -0.15) is 13.2 Å². The van der Waals surface area contributed by atoms with Gasteiger partial charge in [-0.1, -0.05) is 24.3 Å². The Hall–Kier alpha value is -4.65. The van der Waals surface area contributed by atoms with Crippen LogP contribution in [0.5, 0.6) is 0 Å². The topological polar surface area (TPSA) is 129 Å². The number of fused-ring (bicyclic) bond motifs is 1. The van der Waals surface area contributed by atoms with Crippen molar-refractivity contribution >= 4 is 40.6 Å². The van der Waals surface area contributed by atoms with E-state index < -0.39 is 47.1 Å². The first-order valence-corrected chi connectivity index (χ1v) is 12.0. The second-order valence-electron chi connectivity index (χ2n) is 9.45. The fourth-order valence-electron chi connectivity index (χ4n) is 4.45. The molecule has 210 valence electrons. The molecule has 0 saturated carbocycles. The predicted octanol–water partition coefficient (Wildman–Crippen LogP) is 4.40. The first-order chi connectivity index (χ1) is 18.8. The first-order valence-electron chi connectivity index (χ1n) is 12.0. The number of benzene rings is 3. The van der Waals surface area contributed by atoms with E-state index in [0.717, 1.165) is 5.56 Å². The number of nitrogens with zero attached hydrogens (tertiary/aromatic N) is 1. The van der Waals surface area contributed by atoms with E-state index >= 15 is 0 Å². The Bertz CT molecular complexity index is 1440. The molecule has 4 rings (SSSR count). The van der Waals surface area contributed by atoms with Crippen LogP contribution in [0.25, 0.3) is 0 Å². The molecule has 2 unspecified atom stereocenters. The maximum Gasteiger partial charge on any atom is 0.416 e. The summed E-state index contributed by atoms with van der Waals surface area (Å²) in [6.45, 7) is 0.161. The number of amides is 4. The van der Waals surface area contributed by atoms with Gasteiger partial charge in [-0.25, -0.2) is 9.18 Å². The van der Waals surface area contributed by atoms with Crippen molar-refractivity contribution in [3.63, 3.8) is 0 Å². The summed E-state index contributed by atoms with van der Waals surface area (Å²) in [5, 5.41) is 10.5. The molecule has 0 bridgehead atoms. The zero-order valence-electron chi connectivity index (χ0n) is 21.4. The van der Waals surface area contributed by atoms with Gasteiger partial charge in [-0.3, -0.25) is 9.59 Å². The van der Waals surface area contributed by atoms with Gasteiger partial charge in [0.25, 0.3) is 0 Å². The Labute approximate surface area is 226 Å². The lowest BCUT2D eigenvalue weighted by Crippen LogP contribution is -2.36. The van der Waals surface area contributed by atoms with Crippen molar-refractivity contribution in [3.05, 3.63) is 83.2 Å². The third-order valence-corrected chi connectivity index (χ3v) is 6.17. The van der Waals surface area contributed by atoms with E-state index in [2.05, 4.69) is 21.3 Å². The van der Waals surface area contributed by atoms with Crippen molar-refractivity contribution in [2.24, 2.45) is 5.73 Å². The van der Waals surface area contributed by atoms with Crippen LogP contribution in [0, 0.1) is 5.82 Å². The molecular formula is C27H26F4N6O3. The number of rotatable bonds is 7. The lowest BCUT2D eigenvalue weighted by molar-refractivity contribution is -0.137. The minimum Gasteiger partial charge on any atom is -0.371 e. The van der Waals surface area contributed by atoms with Crippen molar-refractivity contribution in [3.8, 4) is 0 Å². The van der Waals surface area contributed by atoms with Gasteiger partial charge >= 0.3 is 12.2 Å². The Morgan fingerprint density at radius 3 is 2.27 bits per heavy atom.